The van der Waals surface area contributed by atoms with E-state index < -0.39 is 17.6 Å². The van der Waals surface area contributed by atoms with Gasteiger partial charge in [-0.05, 0) is 30.3 Å². The fourth-order valence-corrected chi connectivity index (χ4v) is 3.48. The minimum atomic E-state index is -0.616. The highest BCUT2D eigenvalue weighted by molar-refractivity contribution is 7.21. The van der Waals surface area contributed by atoms with Gasteiger partial charge in [0.2, 0.25) is 0 Å². The third-order valence-electron chi connectivity index (χ3n) is 4.15. The Balaban J connectivity index is 1.46. The normalized spacial score (nSPS) is 10.8. The molecule has 0 spiro atoms. The minimum absolute atomic E-state index is 0.172. The largest absolute Gasteiger partial charge is 0.465 e. The number of hydrogen-bond acceptors (Lipinski definition) is 8. The summed E-state index contributed by atoms with van der Waals surface area (Å²) < 4.78 is 31.4. The van der Waals surface area contributed by atoms with Crippen molar-refractivity contribution in [1.82, 2.24) is 15.0 Å². The lowest BCUT2D eigenvalue weighted by molar-refractivity contribution is 0.0600. The Morgan fingerprint density at radius 2 is 1.93 bits per heavy atom. The fourth-order valence-electron chi connectivity index (χ4n) is 2.64. The number of thiazole rings is 1. The third kappa shape index (κ3) is 4.33. The van der Waals surface area contributed by atoms with Gasteiger partial charge in [-0.15, -0.1) is 0 Å². The van der Waals surface area contributed by atoms with Crippen LogP contribution in [0.3, 0.4) is 0 Å². The van der Waals surface area contributed by atoms with Crippen molar-refractivity contribution < 1.29 is 18.3 Å². The second-order valence-corrected chi connectivity index (χ2v) is 7.16. The van der Waals surface area contributed by atoms with Crippen LogP contribution in [0.15, 0.2) is 48.7 Å². The van der Waals surface area contributed by atoms with Gasteiger partial charge in [0.25, 0.3) is 0 Å². The molecule has 0 amide bonds. The van der Waals surface area contributed by atoms with E-state index in [0.717, 1.165) is 6.07 Å². The van der Waals surface area contributed by atoms with Crippen LogP contribution >= 0.6 is 11.3 Å². The molecule has 4 rings (SSSR count). The topological polar surface area (TPSA) is 89.0 Å². The quantitative estimate of drug-likeness (QED) is 0.438. The third-order valence-corrected chi connectivity index (χ3v) is 5.03. The van der Waals surface area contributed by atoms with Gasteiger partial charge in [0.05, 0.1) is 12.7 Å². The Hall–Kier alpha value is -3.66. The average molecular weight is 427 g/mol. The number of ether oxygens (including phenoxy) is 1. The Kier molecular flexibility index (Phi) is 5.48. The number of pyridine rings is 2. The summed E-state index contributed by atoms with van der Waals surface area (Å²) in [4.78, 5) is 25.2. The second kappa shape index (κ2) is 8.37. The van der Waals surface area contributed by atoms with Crippen LogP contribution in [0.1, 0.15) is 15.9 Å². The molecule has 0 aliphatic rings. The Labute approximate surface area is 173 Å². The maximum Gasteiger partial charge on any atom is 0.339 e. The van der Waals surface area contributed by atoms with Gasteiger partial charge in [-0.1, -0.05) is 17.4 Å². The van der Waals surface area contributed by atoms with Gasteiger partial charge in [0.1, 0.15) is 33.6 Å². The van der Waals surface area contributed by atoms with Crippen LogP contribution in [0, 0.1) is 11.6 Å². The van der Waals surface area contributed by atoms with E-state index in [2.05, 4.69) is 30.3 Å². The standard InChI is InChI=1S/C20H15F2N5O2S/c1-29-19(28)12-3-6-17(24-10-12)27-20-25-15-5-7-16(26-18(15)30-20)23-9-11-2-4-13(21)8-14(11)22/h2-8,10H,9H2,1H3,(H,23,26)(H,24,25,27). The lowest BCUT2D eigenvalue weighted by Gasteiger charge is -2.06. The summed E-state index contributed by atoms with van der Waals surface area (Å²) in [5.74, 6) is -0.624. The van der Waals surface area contributed by atoms with Crippen molar-refractivity contribution in [3.05, 3.63) is 71.4 Å². The van der Waals surface area contributed by atoms with Crippen LogP contribution in [0.5, 0.6) is 0 Å². The van der Waals surface area contributed by atoms with Gasteiger partial charge in [0.15, 0.2) is 5.13 Å². The van der Waals surface area contributed by atoms with Crippen molar-refractivity contribution in [2.45, 2.75) is 6.54 Å². The number of aromatic nitrogens is 3. The van der Waals surface area contributed by atoms with E-state index >= 15 is 0 Å². The molecule has 0 fully saturated rings. The number of esters is 1. The van der Waals surface area contributed by atoms with Crippen LogP contribution in [-0.4, -0.2) is 28.0 Å². The molecule has 3 aromatic heterocycles. The predicted octanol–water partition coefficient (Wildman–Crippen LogP) is 4.51. The number of carbonyl (C=O) groups is 1. The Morgan fingerprint density at radius 3 is 2.67 bits per heavy atom. The van der Waals surface area contributed by atoms with Gasteiger partial charge < -0.3 is 15.4 Å². The Morgan fingerprint density at radius 1 is 1.10 bits per heavy atom. The van der Waals surface area contributed by atoms with E-state index in [1.807, 2.05) is 0 Å². The first-order valence-corrected chi connectivity index (χ1v) is 9.60. The van der Waals surface area contributed by atoms with Gasteiger partial charge in [-0.25, -0.2) is 28.5 Å². The smallest absolute Gasteiger partial charge is 0.339 e. The zero-order valence-corrected chi connectivity index (χ0v) is 16.5. The molecule has 152 valence electrons. The van der Waals surface area contributed by atoms with Gasteiger partial charge in [0, 0.05) is 24.4 Å². The number of anilines is 3. The van der Waals surface area contributed by atoms with E-state index in [-0.39, 0.29) is 6.54 Å². The molecule has 0 radical (unpaired) electrons. The summed E-state index contributed by atoms with van der Waals surface area (Å²) in [5.41, 5.74) is 1.38. The molecule has 2 N–H and O–H groups in total. The van der Waals surface area contributed by atoms with Crippen molar-refractivity contribution >= 4 is 44.4 Å². The van der Waals surface area contributed by atoms with E-state index in [0.29, 0.717) is 38.2 Å². The molecule has 1 aromatic carbocycles. The zero-order chi connectivity index (χ0) is 21.1. The molecule has 0 bridgehead atoms. The number of halogens is 2. The van der Waals surface area contributed by atoms with Crippen LogP contribution < -0.4 is 10.6 Å². The molecule has 7 nitrogen and oxygen atoms in total. The predicted molar refractivity (Wildman–Crippen MR) is 110 cm³/mol. The molecule has 10 heteroatoms. The molecule has 0 aliphatic heterocycles. The van der Waals surface area contributed by atoms with Crippen molar-refractivity contribution in [1.29, 1.82) is 0 Å². The number of carbonyl (C=O) groups excluding carboxylic acids is 1. The molecule has 0 aliphatic carbocycles. The first kappa shape index (κ1) is 19.6. The van der Waals surface area contributed by atoms with E-state index in [1.165, 1.54) is 36.8 Å². The number of nitrogens with one attached hydrogen (secondary N) is 2. The highest BCUT2D eigenvalue weighted by Crippen LogP contribution is 2.27. The number of hydrogen-bond donors (Lipinski definition) is 2. The fraction of sp³-hybridized carbons (Fsp3) is 0.100. The lowest BCUT2D eigenvalue weighted by Crippen LogP contribution is -2.03. The Bertz CT molecular complexity index is 1210. The van der Waals surface area contributed by atoms with E-state index in [4.69, 9.17) is 0 Å². The molecule has 0 atom stereocenters. The van der Waals surface area contributed by atoms with Crippen molar-refractivity contribution in [3.8, 4) is 0 Å². The first-order valence-electron chi connectivity index (χ1n) is 8.78. The summed E-state index contributed by atoms with van der Waals surface area (Å²) in [6, 6.07) is 10.2. The summed E-state index contributed by atoms with van der Waals surface area (Å²) in [6.45, 7) is 0.172. The maximum atomic E-state index is 13.8. The highest BCUT2D eigenvalue weighted by atomic mass is 32.1. The number of nitrogens with zero attached hydrogens (tertiary/aromatic N) is 3. The van der Waals surface area contributed by atoms with Crippen molar-refractivity contribution in [2.75, 3.05) is 17.7 Å². The molecule has 0 saturated heterocycles. The zero-order valence-electron chi connectivity index (χ0n) is 15.6. The number of fused-ring (bicyclic) bond motifs is 1. The molecule has 0 unspecified atom stereocenters. The lowest BCUT2D eigenvalue weighted by atomic mass is 10.2. The van der Waals surface area contributed by atoms with Gasteiger partial charge in [-0.2, -0.15) is 0 Å². The minimum Gasteiger partial charge on any atom is -0.465 e. The van der Waals surface area contributed by atoms with Crippen molar-refractivity contribution in [2.24, 2.45) is 0 Å². The highest BCUT2D eigenvalue weighted by Gasteiger charge is 2.10. The molecule has 30 heavy (non-hydrogen) atoms. The molecule has 0 saturated carbocycles. The van der Waals surface area contributed by atoms with Gasteiger partial charge >= 0.3 is 5.97 Å². The SMILES string of the molecule is COC(=O)c1ccc(Nc2nc3ccc(NCc4ccc(F)cc4F)nc3s2)nc1. The monoisotopic (exact) mass is 427 g/mol. The second-order valence-electron chi connectivity index (χ2n) is 6.18. The summed E-state index contributed by atoms with van der Waals surface area (Å²) in [7, 11) is 1.31. The molecular formula is C20H15F2N5O2S. The molecule has 4 aromatic rings. The number of methoxy groups -OCH3 is 1. The maximum absolute atomic E-state index is 13.8. The van der Waals surface area contributed by atoms with Crippen LogP contribution in [0.25, 0.3) is 10.3 Å². The summed E-state index contributed by atoms with van der Waals surface area (Å²) in [6.07, 6.45) is 1.41. The molecule has 3 heterocycles. The number of benzene rings is 1. The van der Waals surface area contributed by atoms with E-state index in [1.54, 1.807) is 24.3 Å². The van der Waals surface area contributed by atoms with Crippen LogP contribution in [0.2, 0.25) is 0 Å². The number of rotatable bonds is 6. The summed E-state index contributed by atoms with van der Waals surface area (Å²) >= 11 is 1.32. The van der Waals surface area contributed by atoms with Crippen molar-refractivity contribution in [3.63, 3.8) is 0 Å². The van der Waals surface area contributed by atoms with Crippen LogP contribution in [-0.2, 0) is 11.3 Å². The van der Waals surface area contributed by atoms with E-state index in [9.17, 15) is 13.6 Å². The van der Waals surface area contributed by atoms with Gasteiger partial charge in [-0.3, -0.25) is 0 Å². The first-order chi connectivity index (χ1) is 14.5. The molecular weight excluding hydrogens is 412 g/mol. The average Bonchev–Trinajstić information content (AvgIpc) is 3.14. The van der Waals surface area contributed by atoms with Crippen LogP contribution in [0.4, 0.5) is 25.5 Å². The summed E-state index contributed by atoms with van der Waals surface area (Å²) in [5, 5.41) is 6.67.